The summed E-state index contributed by atoms with van der Waals surface area (Å²) in [7, 11) is 4.67. The normalized spacial score (nSPS) is 20.7. The second-order valence-corrected chi connectivity index (χ2v) is 21.9. The average Bonchev–Trinajstić information content (AvgIpc) is 3.73. The van der Waals surface area contributed by atoms with Crippen LogP contribution in [-0.4, -0.2) is 110 Å². The van der Waals surface area contributed by atoms with E-state index in [0.29, 0.717) is 54.9 Å². The van der Waals surface area contributed by atoms with Crippen molar-refractivity contribution in [3.05, 3.63) is 112 Å². The standard InChI is InChI=1S/C60H70N4O12/c1-36(2)25-47(61-55(66)40-9-6-7-10-40)50(65)26-37-11-13-38(14-12-37)34-76-59(70)64-48-31-54(52(73-5)30-46(48)57(68)63-35-60(21-22-60)32-49(63)58(64)69)75-24-8-23-74-53-28-41-15-18-43-27-42(39-16-19-44(71-3)20-17-39)33-62(43)56(67)45(41)29-51(53)72-4/h11-14,16-17,19-20,28-31,33,36,40,43,47,49,58,69H,6-10,15,18,21-27,32,34-35H2,1-5H3,(H,61,66)/t43-,47+,49+,58?/m1/s1. The van der Waals surface area contributed by atoms with Crippen molar-refractivity contribution in [3.8, 4) is 28.7 Å². The summed E-state index contributed by atoms with van der Waals surface area (Å²) in [5.41, 5.74) is 5.30. The van der Waals surface area contributed by atoms with Crippen LogP contribution in [0.4, 0.5) is 10.5 Å². The number of aliphatic hydroxyl groups is 1. The van der Waals surface area contributed by atoms with Crippen molar-refractivity contribution in [2.45, 2.75) is 128 Å². The van der Waals surface area contributed by atoms with E-state index < -0.39 is 24.4 Å². The third-order valence-electron chi connectivity index (χ3n) is 16.3. The summed E-state index contributed by atoms with van der Waals surface area (Å²) in [6.07, 6.45) is 9.28. The van der Waals surface area contributed by atoms with E-state index in [0.717, 1.165) is 84.3 Å². The van der Waals surface area contributed by atoms with Gasteiger partial charge in [0.15, 0.2) is 35.0 Å². The van der Waals surface area contributed by atoms with Crippen molar-refractivity contribution < 1.29 is 57.5 Å². The molecule has 2 N–H and O–H groups in total. The van der Waals surface area contributed by atoms with Crippen molar-refractivity contribution in [1.29, 1.82) is 0 Å². The lowest BCUT2D eigenvalue weighted by Gasteiger charge is -2.31. The number of nitrogens with one attached hydrogen (secondary N) is 1. The summed E-state index contributed by atoms with van der Waals surface area (Å²) >= 11 is 0. The van der Waals surface area contributed by atoms with Crippen molar-refractivity contribution >= 4 is 40.9 Å². The van der Waals surface area contributed by atoms with Gasteiger partial charge < -0.3 is 48.6 Å². The van der Waals surface area contributed by atoms with Gasteiger partial charge in [-0.2, -0.15) is 0 Å². The van der Waals surface area contributed by atoms with Gasteiger partial charge in [0.25, 0.3) is 11.8 Å². The molecule has 4 amide bonds. The molecule has 4 heterocycles. The molecular formula is C60H70N4O12. The molecule has 2 aliphatic carbocycles. The minimum absolute atomic E-state index is 0.0326. The lowest BCUT2D eigenvalue weighted by atomic mass is 9.95. The highest BCUT2D eigenvalue weighted by molar-refractivity contribution is 6.06. The van der Waals surface area contributed by atoms with Gasteiger partial charge in [-0.3, -0.25) is 19.2 Å². The van der Waals surface area contributed by atoms with Gasteiger partial charge >= 0.3 is 6.09 Å². The van der Waals surface area contributed by atoms with E-state index in [-0.39, 0.29) is 95.8 Å². The van der Waals surface area contributed by atoms with Crippen molar-refractivity contribution in [1.82, 2.24) is 15.1 Å². The second kappa shape index (κ2) is 22.3. The molecule has 1 unspecified atom stereocenters. The molecule has 4 aliphatic heterocycles. The first-order valence-electron chi connectivity index (χ1n) is 27.0. The maximum Gasteiger partial charge on any atom is 0.416 e. The maximum atomic E-state index is 14.4. The molecule has 3 fully saturated rings. The van der Waals surface area contributed by atoms with Gasteiger partial charge in [0.2, 0.25) is 5.91 Å². The smallest absolute Gasteiger partial charge is 0.416 e. The lowest BCUT2D eigenvalue weighted by molar-refractivity contribution is -0.130. The van der Waals surface area contributed by atoms with Crippen LogP contribution >= 0.6 is 0 Å². The largest absolute Gasteiger partial charge is 0.497 e. The predicted molar refractivity (Wildman–Crippen MR) is 284 cm³/mol. The van der Waals surface area contributed by atoms with Crippen LogP contribution in [0.15, 0.2) is 79.0 Å². The van der Waals surface area contributed by atoms with Gasteiger partial charge in [-0.05, 0) is 127 Å². The van der Waals surface area contributed by atoms with Gasteiger partial charge in [-0.1, -0.05) is 63.1 Å². The highest BCUT2D eigenvalue weighted by Gasteiger charge is 2.58. The van der Waals surface area contributed by atoms with Gasteiger partial charge in [0.05, 0.1) is 57.9 Å². The topological polar surface area (TPSA) is 183 Å². The Hall–Kier alpha value is -7.07. The van der Waals surface area contributed by atoms with Crippen LogP contribution in [0.3, 0.4) is 0 Å². The summed E-state index contributed by atoms with van der Waals surface area (Å²) in [6, 6.07) is 20.7. The highest BCUT2D eigenvalue weighted by Crippen LogP contribution is 2.57. The molecule has 0 bridgehead atoms. The summed E-state index contributed by atoms with van der Waals surface area (Å²) in [4.78, 5) is 74.0. The molecule has 10 rings (SSSR count). The molecular weight excluding hydrogens is 969 g/mol. The van der Waals surface area contributed by atoms with Gasteiger partial charge in [0.1, 0.15) is 12.4 Å². The first kappa shape index (κ1) is 52.4. The zero-order chi connectivity index (χ0) is 53.3. The molecule has 16 nitrogen and oxygen atoms in total. The number of fused-ring (bicyclic) bond motifs is 4. The fourth-order valence-corrected chi connectivity index (χ4v) is 11.8. The first-order chi connectivity index (χ1) is 36.7. The number of aryl methyl sites for hydroxylation is 1. The number of aliphatic hydroxyl groups excluding tert-OH is 1. The summed E-state index contributed by atoms with van der Waals surface area (Å²) in [5, 5.41) is 15.2. The molecule has 2 saturated carbocycles. The molecule has 6 aliphatic rings. The van der Waals surface area contributed by atoms with Crippen LogP contribution in [-0.2, 0) is 33.8 Å². The fraction of sp³-hybridized carbons (Fsp3) is 0.483. The number of hydrogen-bond acceptors (Lipinski definition) is 12. The van der Waals surface area contributed by atoms with E-state index in [1.165, 1.54) is 7.11 Å². The summed E-state index contributed by atoms with van der Waals surface area (Å²) in [6.45, 7) is 4.81. The molecule has 4 aromatic carbocycles. The fourth-order valence-electron chi connectivity index (χ4n) is 11.8. The number of rotatable bonds is 19. The SMILES string of the molecule is COc1ccc(C2=CN3C(=O)c4cc(OC)c(OCCCOc5cc6c(cc5OC)C(=O)N5CC7(CC7)C[C@H]5C(O)N6C(=O)OCc5ccc(CC(=O)[C@H](CC(C)C)NC(=O)C6CCCC6)cc5)cc4CC[C@@H]3C2)cc1. The van der Waals surface area contributed by atoms with E-state index >= 15 is 0 Å². The Morgan fingerprint density at radius 1 is 0.789 bits per heavy atom. The number of nitrogens with zero attached hydrogens (tertiary/aromatic N) is 3. The van der Waals surface area contributed by atoms with Crippen LogP contribution in [0.1, 0.15) is 127 Å². The van der Waals surface area contributed by atoms with Crippen molar-refractivity contribution in [2.75, 3.05) is 46.0 Å². The Bertz CT molecular complexity index is 2870. The van der Waals surface area contributed by atoms with E-state index in [4.69, 9.17) is 28.4 Å². The number of hydrogen-bond donors (Lipinski definition) is 2. The Kier molecular flexibility index (Phi) is 15.3. The number of Topliss-reactive ketones (excluding diaryl/α,β-unsaturated/α-hetero) is 1. The molecule has 16 heteroatoms. The van der Waals surface area contributed by atoms with Crippen LogP contribution in [0, 0.1) is 17.3 Å². The van der Waals surface area contributed by atoms with Crippen LogP contribution in [0.25, 0.3) is 5.57 Å². The van der Waals surface area contributed by atoms with E-state index in [1.807, 2.05) is 67.4 Å². The molecule has 0 aromatic heterocycles. The zero-order valence-electron chi connectivity index (χ0n) is 44.3. The second-order valence-electron chi connectivity index (χ2n) is 21.9. The first-order valence-corrected chi connectivity index (χ1v) is 27.0. The average molecular weight is 1040 g/mol. The molecule has 4 atom stereocenters. The Labute approximate surface area is 444 Å². The van der Waals surface area contributed by atoms with Gasteiger partial charge in [0, 0.05) is 49.2 Å². The minimum atomic E-state index is -1.41. The molecule has 0 radical (unpaired) electrons. The number of anilines is 1. The lowest BCUT2D eigenvalue weighted by Crippen LogP contribution is -2.50. The highest BCUT2D eigenvalue weighted by atomic mass is 16.6. The molecule has 1 saturated heterocycles. The van der Waals surface area contributed by atoms with E-state index in [2.05, 4.69) is 5.32 Å². The molecule has 76 heavy (non-hydrogen) atoms. The quantitative estimate of drug-likeness (QED) is 0.0852. The predicted octanol–water partition coefficient (Wildman–Crippen LogP) is 9.06. The maximum absolute atomic E-state index is 14.4. The number of amides is 4. The summed E-state index contributed by atoms with van der Waals surface area (Å²) < 4.78 is 35.3. The number of carbonyl (C=O) groups is 5. The Morgan fingerprint density at radius 3 is 2.12 bits per heavy atom. The zero-order valence-corrected chi connectivity index (χ0v) is 44.3. The third-order valence-corrected chi connectivity index (χ3v) is 16.3. The number of benzene rings is 4. The third kappa shape index (κ3) is 11.0. The van der Waals surface area contributed by atoms with E-state index in [9.17, 15) is 29.1 Å². The Balaban J connectivity index is 0.797. The molecule has 1 spiro atoms. The number of carbonyl (C=O) groups excluding carboxylic acids is 5. The Morgan fingerprint density at radius 2 is 1.46 bits per heavy atom. The van der Waals surface area contributed by atoms with Gasteiger partial charge in [-0.15, -0.1) is 0 Å². The van der Waals surface area contributed by atoms with Crippen LogP contribution in [0.2, 0.25) is 0 Å². The number of ether oxygens (including phenoxy) is 6. The number of methoxy groups -OCH3 is 3. The van der Waals surface area contributed by atoms with Crippen molar-refractivity contribution in [2.24, 2.45) is 17.3 Å². The molecule has 402 valence electrons. The number of ketones is 1. The van der Waals surface area contributed by atoms with Crippen LogP contribution in [0.5, 0.6) is 28.7 Å². The minimum Gasteiger partial charge on any atom is -0.497 e. The van der Waals surface area contributed by atoms with Crippen molar-refractivity contribution in [3.63, 3.8) is 0 Å². The monoisotopic (exact) mass is 1040 g/mol. The van der Waals surface area contributed by atoms with Gasteiger partial charge in [-0.25, -0.2) is 9.69 Å². The summed E-state index contributed by atoms with van der Waals surface area (Å²) in [5.74, 6) is 1.98. The molecule has 4 aromatic rings. The van der Waals surface area contributed by atoms with Crippen LogP contribution < -0.4 is 33.9 Å². The van der Waals surface area contributed by atoms with E-state index in [1.54, 1.807) is 49.5 Å².